The number of halogens is 3. The third kappa shape index (κ3) is 4.98. The highest BCUT2D eigenvalue weighted by Gasteiger charge is 2.43. The van der Waals surface area contributed by atoms with Crippen molar-refractivity contribution < 1.29 is 37.4 Å². The van der Waals surface area contributed by atoms with Crippen molar-refractivity contribution in [1.82, 2.24) is 10.2 Å². The maximum Gasteiger partial charge on any atom is 0.407 e. The molecule has 7 nitrogen and oxygen atoms in total. The lowest BCUT2D eigenvalue weighted by Gasteiger charge is -2.27. The van der Waals surface area contributed by atoms with Crippen LogP contribution >= 0.6 is 11.8 Å². The van der Waals surface area contributed by atoms with Gasteiger partial charge in [0.15, 0.2) is 0 Å². The lowest BCUT2D eigenvalue weighted by molar-refractivity contribution is -0.157. The number of carboxylic acids is 1. The summed E-state index contributed by atoms with van der Waals surface area (Å²) >= 11 is 1.11. The number of fused-ring (bicyclic) bond motifs is 3. The van der Waals surface area contributed by atoms with Gasteiger partial charge in [0, 0.05) is 11.7 Å². The largest absolute Gasteiger partial charge is 0.480 e. The van der Waals surface area contributed by atoms with Gasteiger partial charge in [-0.05, 0) is 22.3 Å². The summed E-state index contributed by atoms with van der Waals surface area (Å²) in [5, 5.41) is 11.3. The van der Waals surface area contributed by atoms with Crippen LogP contribution < -0.4 is 5.32 Å². The lowest BCUT2D eigenvalue weighted by atomic mass is 9.98. The maximum absolute atomic E-state index is 13.1. The zero-order valence-corrected chi connectivity index (χ0v) is 18.6. The minimum atomic E-state index is -4.76. The van der Waals surface area contributed by atoms with E-state index in [0.717, 1.165) is 38.9 Å². The number of alkyl carbamates (subject to hydrolysis) is 1. The van der Waals surface area contributed by atoms with Gasteiger partial charge in [0.25, 0.3) is 0 Å². The molecule has 2 N–H and O–H groups in total. The topological polar surface area (TPSA) is 95.9 Å². The first-order chi connectivity index (χ1) is 16.2. The summed E-state index contributed by atoms with van der Waals surface area (Å²) in [5.74, 6) is -2.74. The summed E-state index contributed by atoms with van der Waals surface area (Å²) in [6, 6.07) is 11.9. The molecule has 1 aliphatic carbocycles. The standard InChI is InChI=1S/C23H21F3N2O5S/c24-23(25,26)9-18(20(29)28-12-34-11-19(28)21(30)31)27-22(32)33-10-17-15-7-3-1-5-13(15)14-6-2-4-8-16(14)17/h1-8,17-19H,9-12H2,(H,27,32)(H,30,31). The van der Waals surface area contributed by atoms with Crippen molar-refractivity contribution in [2.45, 2.75) is 30.6 Å². The van der Waals surface area contributed by atoms with E-state index >= 15 is 0 Å². The molecule has 1 heterocycles. The number of amides is 2. The monoisotopic (exact) mass is 494 g/mol. The highest BCUT2D eigenvalue weighted by Crippen LogP contribution is 2.44. The van der Waals surface area contributed by atoms with Crippen LogP contribution in [0.4, 0.5) is 18.0 Å². The Bertz CT molecular complexity index is 1060. The zero-order chi connectivity index (χ0) is 24.5. The van der Waals surface area contributed by atoms with Crippen molar-refractivity contribution in [3.05, 3.63) is 59.7 Å². The minimum Gasteiger partial charge on any atom is -0.480 e. The second-order valence-corrected chi connectivity index (χ2v) is 9.00. The number of benzene rings is 2. The predicted octanol–water partition coefficient (Wildman–Crippen LogP) is 3.83. The normalized spacial score (nSPS) is 18.2. The fourth-order valence-corrected chi connectivity index (χ4v) is 5.43. The maximum atomic E-state index is 13.1. The van der Waals surface area contributed by atoms with Crippen LogP contribution in [0.1, 0.15) is 23.5 Å². The number of carbonyl (C=O) groups is 3. The lowest BCUT2D eigenvalue weighted by Crippen LogP contribution is -2.53. The van der Waals surface area contributed by atoms with Gasteiger partial charge in [-0.1, -0.05) is 48.5 Å². The summed E-state index contributed by atoms with van der Waals surface area (Å²) in [6.45, 7) is -0.135. The molecular weight excluding hydrogens is 473 g/mol. The van der Waals surface area contributed by atoms with Crippen molar-refractivity contribution in [2.24, 2.45) is 0 Å². The van der Waals surface area contributed by atoms with Crippen LogP contribution in [-0.2, 0) is 14.3 Å². The quantitative estimate of drug-likeness (QED) is 0.634. The van der Waals surface area contributed by atoms with E-state index in [1.54, 1.807) is 0 Å². The Balaban J connectivity index is 1.46. The fourth-order valence-electron chi connectivity index (χ4n) is 4.28. The number of carboxylic acid groups (broad SMARTS) is 1. The molecule has 11 heteroatoms. The van der Waals surface area contributed by atoms with Crippen LogP contribution in [0.5, 0.6) is 0 Å². The molecule has 0 aromatic heterocycles. The fraction of sp³-hybridized carbons (Fsp3) is 0.348. The number of thioether (sulfide) groups is 1. The molecule has 4 rings (SSSR count). The minimum absolute atomic E-state index is 0.0603. The summed E-state index contributed by atoms with van der Waals surface area (Å²) in [5.41, 5.74) is 3.84. The SMILES string of the molecule is O=C(NC(CC(F)(F)F)C(=O)N1CSCC1C(=O)O)OCC1c2ccccc2-c2ccccc21. The van der Waals surface area contributed by atoms with Crippen molar-refractivity contribution >= 4 is 29.7 Å². The van der Waals surface area contributed by atoms with Crippen molar-refractivity contribution in [2.75, 3.05) is 18.2 Å². The van der Waals surface area contributed by atoms with E-state index in [2.05, 4.69) is 0 Å². The molecule has 0 bridgehead atoms. The average Bonchev–Trinajstić information content (AvgIpc) is 3.39. The van der Waals surface area contributed by atoms with Crippen LogP contribution in [0, 0.1) is 0 Å². The molecule has 2 atom stereocenters. The van der Waals surface area contributed by atoms with E-state index in [0.29, 0.717) is 0 Å². The molecule has 2 amide bonds. The number of alkyl halides is 3. The number of rotatable bonds is 6. The number of hydrogen-bond donors (Lipinski definition) is 2. The number of carbonyl (C=O) groups excluding carboxylic acids is 2. The molecule has 1 aliphatic heterocycles. The Labute approximate surface area is 197 Å². The Hall–Kier alpha value is -3.21. The molecule has 2 aliphatic rings. The molecule has 1 saturated heterocycles. The van der Waals surface area contributed by atoms with E-state index in [4.69, 9.17) is 4.74 Å². The van der Waals surface area contributed by atoms with E-state index in [9.17, 15) is 32.7 Å². The summed E-state index contributed by atoms with van der Waals surface area (Å²) in [7, 11) is 0. The Morgan fingerprint density at radius 3 is 2.24 bits per heavy atom. The van der Waals surface area contributed by atoms with Crippen LogP contribution in [0.15, 0.2) is 48.5 Å². The van der Waals surface area contributed by atoms with Gasteiger partial charge in [0.05, 0.1) is 12.3 Å². The molecular formula is C23H21F3N2O5S. The highest BCUT2D eigenvalue weighted by atomic mass is 32.2. The van der Waals surface area contributed by atoms with E-state index in [1.165, 1.54) is 0 Å². The molecule has 34 heavy (non-hydrogen) atoms. The zero-order valence-electron chi connectivity index (χ0n) is 17.7. The van der Waals surface area contributed by atoms with Gasteiger partial charge < -0.3 is 20.1 Å². The van der Waals surface area contributed by atoms with E-state index < -0.39 is 42.7 Å². The van der Waals surface area contributed by atoms with Crippen molar-refractivity contribution in [1.29, 1.82) is 0 Å². The smallest absolute Gasteiger partial charge is 0.407 e. The predicted molar refractivity (Wildman–Crippen MR) is 118 cm³/mol. The van der Waals surface area contributed by atoms with E-state index in [-0.39, 0.29) is 24.2 Å². The number of nitrogens with one attached hydrogen (secondary N) is 1. The highest BCUT2D eigenvalue weighted by molar-refractivity contribution is 7.99. The summed E-state index contributed by atoms with van der Waals surface area (Å²) < 4.78 is 44.7. The third-order valence-electron chi connectivity index (χ3n) is 5.82. The van der Waals surface area contributed by atoms with Gasteiger partial charge in [0.2, 0.25) is 5.91 Å². The van der Waals surface area contributed by atoms with Crippen LogP contribution in [0.25, 0.3) is 11.1 Å². The average molecular weight is 494 g/mol. The van der Waals surface area contributed by atoms with Crippen LogP contribution in [0.2, 0.25) is 0 Å². The van der Waals surface area contributed by atoms with Gasteiger partial charge in [-0.3, -0.25) is 4.79 Å². The second-order valence-electron chi connectivity index (χ2n) is 8.00. The number of aliphatic carboxylic acids is 1. The van der Waals surface area contributed by atoms with Crippen LogP contribution in [0.3, 0.4) is 0 Å². The molecule has 2 aromatic carbocycles. The molecule has 1 fully saturated rings. The van der Waals surface area contributed by atoms with Gasteiger partial charge >= 0.3 is 18.2 Å². The van der Waals surface area contributed by atoms with Crippen molar-refractivity contribution in [3.63, 3.8) is 0 Å². The van der Waals surface area contributed by atoms with Gasteiger partial charge in [0.1, 0.15) is 18.7 Å². The molecule has 2 aromatic rings. The summed E-state index contributed by atoms with van der Waals surface area (Å²) in [4.78, 5) is 37.4. The second kappa shape index (κ2) is 9.57. The molecule has 180 valence electrons. The van der Waals surface area contributed by atoms with Crippen LogP contribution in [-0.4, -0.2) is 64.5 Å². The van der Waals surface area contributed by atoms with Crippen molar-refractivity contribution in [3.8, 4) is 11.1 Å². The number of ether oxygens (including phenoxy) is 1. The number of hydrogen-bond acceptors (Lipinski definition) is 5. The Morgan fingerprint density at radius 1 is 1.09 bits per heavy atom. The third-order valence-corrected chi connectivity index (χ3v) is 6.83. The first-order valence-electron chi connectivity index (χ1n) is 10.4. The molecule has 0 spiro atoms. The first-order valence-corrected chi connectivity index (χ1v) is 11.6. The summed E-state index contributed by atoms with van der Waals surface area (Å²) in [6.07, 6.45) is -7.57. The van der Waals surface area contributed by atoms with E-state index in [1.807, 2.05) is 53.8 Å². The Kier molecular flexibility index (Phi) is 6.74. The van der Waals surface area contributed by atoms with Gasteiger partial charge in [-0.15, -0.1) is 11.8 Å². The Morgan fingerprint density at radius 2 is 1.68 bits per heavy atom. The van der Waals surface area contributed by atoms with Gasteiger partial charge in [-0.2, -0.15) is 13.2 Å². The number of nitrogens with zero attached hydrogens (tertiary/aromatic N) is 1. The molecule has 0 saturated carbocycles. The first kappa shape index (κ1) is 23.9. The molecule has 2 unspecified atom stereocenters. The molecule has 0 radical (unpaired) electrons. The van der Waals surface area contributed by atoms with Gasteiger partial charge in [-0.25, -0.2) is 9.59 Å².